The van der Waals surface area contributed by atoms with Crippen molar-refractivity contribution in [2.45, 2.75) is 23.8 Å². The molecule has 1 saturated heterocycles. The number of nitrogens with zero attached hydrogens (tertiary/aromatic N) is 2. The Balaban J connectivity index is 1.86. The topological polar surface area (TPSA) is 105 Å². The molecule has 0 bridgehead atoms. The maximum Gasteiger partial charge on any atom is 0.293 e. The highest BCUT2D eigenvalue weighted by molar-refractivity contribution is 7.89. The molecule has 1 fully saturated rings. The fourth-order valence-electron chi connectivity index (χ4n) is 3.49. The summed E-state index contributed by atoms with van der Waals surface area (Å²) in [6.07, 6.45) is 2.28. The van der Waals surface area contributed by atoms with Crippen LogP contribution in [0.1, 0.15) is 24.4 Å². The molecule has 3 rings (SSSR count). The van der Waals surface area contributed by atoms with E-state index in [0.717, 1.165) is 37.6 Å². The lowest BCUT2D eigenvalue weighted by Crippen LogP contribution is -2.31. The summed E-state index contributed by atoms with van der Waals surface area (Å²) in [5, 5.41) is 14.7. The quantitative estimate of drug-likeness (QED) is 0.518. The Bertz CT molecular complexity index is 928. The Morgan fingerprint density at radius 3 is 2.43 bits per heavy atom. The minimum absolute atomic E-state index is 0.0871. The van der Waals surface area contributed by atoms with Gasteiger partial charge in [-0.25, -0.2) is 13.1 Å². The average molecular weight is 404 g/mol. The third-order valence-electron chi connectivity index (χ3n) is 5.00. The number of nitro benzene ring substituents is 1. The molecule has 1 aliphatic heterocycles. The van der Waals surface area contributed by atoms with E-state index in [-0.39, 0.29) is 16.6 Å². The normalized spacial score (nSPS) is 16.0. The molecule has 8 nitrogen and oxygen atoms in total. The second kappa shape index (κ2) is 8.68. The summed E-state index contributed by atoms with van der Waals surface area (Å²) in [4.78, 5) is 13.2. The van der Waals surface area contributed by atoms with E-state index in [2.05, 4.69) is 27.1 Å². The van der Waals surface area contributed by atoms with Crippen LogP contribution >= 0.6 is 0 Å². The van der Waals surface area contributed by atoms with Crippen LogP contribution in [-0.4, -0.2) is 44.9 Å². The van der Waals surface area contributed by atoms with Crippen molar-refractivity contribution in [3.05, 3.63) is 64.2 Å². The molecule has 2 aromatic rings. The molecular formula is C19H24N4O4S. The van der Waals surface area contributed by atoms with Crippen molar-refractivity contribution in [3.8, 4) is 0 Å². The fourth-order valence-corrected chi connectivity index (χ4v) is 4.24. The minimum Gasteiger partial charge on any atom is -0.378 e. The predicted molar refractivity (Wildman–Crippen MR) is 108 cm³/mol. The number of anilines is 1. The summed E-state index contributed by atoms with van der Waals surface area (Å²) in [5.41, 5.74) is 1.19. The van der Waals surface area contributed by atoms with E-state index < -0.39 is 14.9 Å². The summed E-state index contributed by atoms with van der Waals surface area (Å²) in [6, 6.07) is 14.0. The van der Waals surface area contributed by atoms with Crippen LogP contribution in [0.25, 0.3) is 0 Å². The van der Waals surface area contributed by atoms with Crippen LogP contribution in [0, 0.1) is 10.1 Å². The SMILES string of the molecule is CNS(=O)(=O)c1ccc(NC[C@@H](c2ccccc2)N2CCCC2)c([N+](=O)[O-])c1. The van der Waals surface area contributed by atoms with Crippen molar-refractivity contribution in [1.82, 2.24) is 9.62 Å². The molecule has 1 heterocycles. The van der Waals surface area contributed by atoms with Gasteiger partial charge in [0, 0.05) is 12.6 Å². The largest absolute Gasteiger partial charge is 0.378 e. The van der Waals surface area contributed by atoms with E-state index in [1.807, 2.05) is 18.2 Å². The van der Waals surface area contributed by atoms with Gasteiger partial charge in [0.15, 0.2) is 0 Å². The van der Waals surface area contributed by atoms with Crippen LogP contribution in [0.2, 0.25) is 0 Å². The number of rotatable bonds is 8. The number of hydrogen-bond acceptors (Lipinski definition) is 6. The Morgan fingerprint density at radius 1 is 1.14 bits per heavy atom. The zero-order valence-electron chi connectivity index (χ0n) is 15.7. The number of benzene rings is 2. The zero-order valence-corrected chi connectivity index (χ0v) is 16.5. The summed E-state index contributed by atoms with van der Waals surface area (Å²) in [7, 11) is -2.48. The number of likely N-dealkylation sites (tertiary alicyclic amines) is 1. The van der Waals surface area contributed by atoms with Gasteiger partial charge in [0.05, 0.1) is 15.9 Å². The van der Waals surface area contributed by atoms with Gasteiger partial charge < -0.3 is 5.32 Å². The molecule has 9 heteroatoms. The average Bonchev–Trinajstić information content (AvgIpc) is 3.23. The van der Waals surface area contributed by atoms with Crippen molar-refractivity contribution >= 4 is 21.4 Å². The zero-order chi connectivity index (χ0) is 20.1. The van der Waals surface area contributed by atoms with Crippen molar-refractivity contribution in [3.63, 3.8) is 0 Å². The first kappa shape index (κ1) is 20.2. The molecular weight excluding hydrogens is 380 g/mol. The minimum atomic E-state index is -3.75. The molecule has 1 aliphatic rings. The Kier molecular flexibility index (Phi) is 6.28. The van der Waals surface area contributed by atoms with Crippen molar-refractivity contribution in [1.29, 1.82) is 0 Å². The standard InChI is InChI=1S/C19H24N4O4S/c1-20-28(26,27)16-9-10-17(18(13-16)23(24)25)21-14-19(22-11-5-6-12-22)15-7-3-2-4-8-15/h2-4,7-10,13,19-21H,5-6,11-12,14H2,1H3/t19-/m0/s1. The van der Waals surface area contributed by atoms with Crippen LogP contribution in [0.3, 0.4) is 0 Å². The lowest BCUT2D eigenvalue weighted by atomic mass is 10.1. The molecule has 0 spiro atoms. The number of nitrogens with one attached hydrogen (secondary N) is 2. The Hall–Kier alpha value is -2.49. The number of nitro groups is 1. The molecule has 1 atom stereocenters. The van der Waals surface area contributed by atoms with E-state index in [0.29, 0.717) is 12.2 Å². The van der Waals surface area contributed by atoms with Crippen LogP contribution in [0.5, 0.6) is 0 Å². The van der Waals surface area contributed by atoms with Gasteiger partial charge in [-0.05, 0) is 50.7 Å². The highest BCUT2D eigenvalue weighted by atomic mass is 32.2. The molecule has 0 aromatic heterocycles. The summed E-state index contributed by atoms with van der Waals surface area (Å²) >= 11 is 0. The van der Waals surface area contributed by atoms with Crippen molar-refractivity contribution < 1.29 is 13.3 Å². The van der Waals surface area contributed by atoms with Gasteiger partial charge in [0.25, 0.3) is 5.69 Å². The van der Waals surface area contributed by atoms with Gasteiger partial charge in [0.1, 0.15) is 5.69 Å². The third kappa shape index (κ3) is 4.49. The Morgan fingerprint density at radius 2 is 1.82 bits per heavy atom. The molecule has 2 N–H and O–H groups in total. The lowest BCUT2D eigenvalue weighted by molar-refractivity contribution is -0.384. The predicted octanol–water partition coefficient (Wildman–Crippen LogP) is 2.75. The van der Waals surface area contributed by atoms with Gasteiger partial charge in [-0.15, -0.1) is 0 Å². The summed E-state index contributed by atoms with van der Waals surface area (Å²) < 4.78 is 26.1. The second-order valence-electron chi connectivity index (χ2n) is 6.69. The molecule has 28 heavy (non-hydrogen) atoms. The van der Waals surface area contributed by atoms with Crippen LogP contribution in [-0.2, 0) is 10.0 Å². The highest BCUT2D eigenvalue weighted by Gasteiger charge is 2.25. The van der Waals surface area contributed by atoms with Gasteiger partial charge in [0.2, 0.25) is 10.0 Å². The summed E-state index contributed by atoms with van der Waals surface area (Å²) in [6.45, 7) is 2.47. The van der Waals surface area contributed by atoms with E-state index in [9.17, 15) is 18.5 Å². The molecule has 0 saturated carbocycles. The number of hydrogen-bond donors (Lipinski definition) is 2. The highest BCUT2D eigenvalue weighted by Crippen LogP contribution is 2.30. The van der Waals surface area contributed by atoms with Crippen molar-refractivity contribution in [2.24, 2.45) is 0 Å². The smallest absolute Gasteiger partial charge is 0.293 e. The van der Waals surface area contributed by atoms with Crippen LogP contribution in [0.4, 0.5) is 11.4 Å². The third-order valence-corrected chi connectivity index (χ3v) is 6.41. The van der Waals surface area contributed by atoms with Gasteiger partial charge in [-0.1, -0.05) is 30.3 Å². The molecule has 0 unspecified atom stereocenters. The van der Waals surface area contributed by atoms with E-state index >= 15 is 0 Å². The first-order valence-corrected chi connectivity index (χ1v) is 10.7. The molecule has 0 radical (unpaired) electrons. The molecule has 0 amide bonds. The van der Waals surface area contributed by atoms with Gasteiger partial charge in [-0.3, -0.25) is 15.0 Å². The molecule has 0 aliphatic carbocycles. The van der Waals surface area contributed by atoms with E-state index in [1.54, 1.807) is 0 Å². The molecule has 150 valence electrons. The second-order valence-corrected chi connectivity index (χ2v) is 8.58. The maximum atomic E-state index is 12.0. The first-order valence-electron chi connectivity index (χ1n) is 9.17. The van der Waals surface area contributed by atoms with Crippen LogP contribution < -0.4 is 10.0 Å². The lowest BCUT2D eigenvalue weighted by Gasteiger charge is -2.28. The monoisotopic (exact) mass is 404 g/mol. The Labute approximate surface area is 164 Å². The fraction of sp³-hybridized carbons (Fsp3) is 0.368. The summed E-state index contributed by atoms with van der Waals surface area (Å²) in [5.74, 6) is 0. The van der Waals surface area contributed by atoms with Crippen LogP contribution in [0.15, 0.2) is 53.4 Å². The van der Waals surface area contributed by atoms with E-state index in [4.69, 9.17) is 0 Å². The molecule has 2 aromatic carbocycles. The van der Waals surface area contributed by atoms with Gasteiger partial charge in [-0.2, -0.15) is 0 Å². The van der Waals surface area contributed by atoms with Gasteiger partial charge >= 0.3 is 0 Å². The van der Waals surface area contributed by atoms with Crippen molar-refractivity contribution in [2.75, 3.05) is 32.0 Å². The maximum absolute atomic E-state index is 12.0. The number of sulfonamides is 1. The first-order chi connectivity index (χ1) is 13.4. The van der Waals surface area contributed by atoms with E-state index in [1.165, 1.54) is 19.2 Å².